The van der Waals surface area contributed by atoms with Gasteiger partial charge in [0, 0.05) is 31.7 Å². The molecule has 0 bridgehead atoms. The number of carboxylic acids is 1. The molecule has 3 aliphatic rings. The molecule has 2 amide bonds. The third kappa shape index (κ3) is 3.48. The summed E-state index contributed by atoms with van der Waals surface area (Å²) >= 11 is 0. The maximum Gasteiger partial charge on any atom is 0.326 e. The van der Waals surface area contributed by atoms with Crippen molar-refractivity contribution < 1.29 is 14.7 Å². The molecular formula is C15H25N3O3. The topological polar surface area (TPSA) is 72.9 Å². The fourth-order valence-electron chi connectivity index (χ4n) is 3.54. The SMILES string of the molecule is O=C(O)C1CCCCCN1C(=O)NC1CCN(C2CC2)C1. The third-order valence-corrected chi connectivity index (χ3v) is 4.91. The Morgan fingerprint density at radius 3 is 2.52 bits per heavy atom. The highest BCUT2D eigenvalue weighted by atomic mass is 16.4. The lowest BCUT2D eigenvalue weighted by Crippen LogP contribution is -2.52. The molecule has 1 saturated carbocycles. The molecule has 3 fully saturated rings. The third-order valence-electron chi connectivity index (χ3n) is 4.91. The molecule has 2 aliphatic heterocycles. The van der Waals surface area contributed by atoms with E-state index in [0.717, 1.165) is 44.8 Å². The first-order chi connectivity index (χ1) is 10.1. The lowest BCUT2D eigenvalue weighted by molar-refractivity contribution is -0.142. The fraction of sp³-hybridized carbons (Fsp3) is 0.867. The first-order valence-electron chi connectivity index (χ1n) is 8.19. The van der Waals surface area contributed by atoms with Gasteiger partial charge in [-0.25, -0.2) is 9.59 Å². The number of rotatable bonds is 3. The summed E-state index contributed by atoms with van der Waals surface area (Å²) in [5.74, 6) is -0.877. The number of hydrogen-bond donors (Lipinski definition) is 2. The van der Waals surface area contributed by atoms with Crippen LogP contribution in [0.1, 0.15) is 44.9 Å². The van der Waals surface area contributed by atoms with E-state index in [1.807, 2.05) is 0 Å². The molecule has 3 rings (SSSR count). The van der Waals surface area contributed by atoms with Crippen molar-refractivity contribution in [3.63, 3.8) is 0 Å². The van der Waals surface area contributed by atoms with E-state index in [-0.39, 0.29) is 12.1 Å². The van der Waals surface area contributed by atoms with Crippen molar-refractivity contribution in [2.24, 2.45) is 0 Å². The van der Waals surface area contributed by atoms with Gasteiger partial charge >= 0.3 is 12.0 Å². The minimum absolute atomic E-state index is 0.177. The molecule has 1 aliphatic carbocycles. The standard InChI is InChI=1S/C15H25N3O3/c19-14(20)13-4-2-1-3-8-18(13)15(21)16-11-7-9-17(10-11)12-5-6-12/h11-13H,1-10H2,(H,16,21)(H,19,20). The first-order valence-corrected chi connectivity index (χ1v) is 8.19. The summed E-state index contributed by atoms with van der Waals surface area (Å²) in [6.07, 6.45) is 6.92. The molecule has 2 atom stereocenters. The van der Waals surface area contributed by atoms with Crippen LogP contribution in [0.4, 0.5) is 4.79 Å². The van der Waals surface area contributed by atoms with Crippen molar-refractivity contribution in [2.45, 2.75) is 63.1 Å². The van der Waals surface area contributed by atoms with Gasteiger partial charge in [0.25, 0.3) is 0 Å². The maximum atomic E-state index is 12.4. The van der Waals surface area contributed by atoms with Crippen LogP contribution >= 0.6 is 0 Å². The highest BCUT2D eigenvalue weighted by Crippen LogP contribution is 2.29. The normalized spacial score (nSPS) is 31.0. The lowest BCUT2D eigenvalue weighted by Gasteiger charge is -2.28. The predicted molar refractivity (Wildman–Crippen MR) is 78.1 cm³/mol. The van der Waals surface area contributed by atoms with Crippen molar-refractivity contribution in [3.05, 3.63) is 0 Å². The van der Waals surface area contributed by atoms with E-state index in [1.54, 1.807) is 0 Å². The Bertz CT molecular complexity index is 411. The fourth-order valence-corrected chi connectivity index (χ4v) is 3.54. The van der Waals surface area contributed by atoms with E-state index >= 15 is 0 Å². The van der Waals surface area contributed by atoms with E-state index in [2.05, 4.69) is 10.2 Å². The van der Waals surface area contributed by atoms with E-state index in [9.17, 15) is 14.7 Å². The Hall–Kier alpha value is -1.30. The summed E-state index contributed by atoms with van der Waals surface area (Å²) < 4.78 is 0. The number of carboxylic acid groups (broad SMARTS) is 1. The van der Waals surface area contributed by atoms with Gasteiger partial charge in [-0.15, -0.1) is 0 Å². The van der Waals surface area contributed by atoms with Crippen LogP contribution in [0.15, 0.2) is 0 Å². The van der Waals surface area contributed by atoms with Gasteiger partial charge in [-0.05, 0) is 32.1 Å². The largest absolute Gasteiger partial charge is 0.480 e. The summed E-state index contributed by atoms with van der Waals surface area (Å²) in [5.41, 5.74) is 0. The number of likely N-dealkylation sites (tertiary alicyclic amines) is 2. The van der Waals surface area contributed by atoms with Gasteiger partial charge in [-0.3, -0.25) is 4.90 Å². The number of aliphatic carboxylic acids is 1. The van der Waals surface area contributed by atoms with E-state index in [1.165, 1.54) is 17.7 Å². The summed E-state index contributed by atoms with van der Waals surface area (Å²) in [6.45, 7) is 2.53. The molecule has 6 nitrogen and oxygen atoms in total. The average Bonchev–Trinajstić information content (AvgIpc) is 3.24. The Labute approximate surface area is 125 Å². The minimum atomic E-state index is -0.877. The molecule has 2 heterocycles. The molecule has 118 valence electrons. The molecule has 2 unspecified atom stereocenters. The molecular weight excluding hydrogens is 270 g/mol. The van der Waals surface area contributed by atoms with Crippen molar-refractivity contribution >= 4 is 12.0 Å². The zero-order valence-electron chi connectivity index (χ0n) is 12.5. The number of hydrogen-bond acceptors (Lipinski definition) is 3. The van der Waals surface area contributed by atoms with E-state index in [0.29, 0.717) is 13.0 Å². The van der Waals surface area contributed by atoms with Gasteiger partial charge in [0.15, 0.2) is 0 Å². The van der Waals surface area contributed by atoms with Crippen LogP contribution in [0.5, 0.6) is 0 Å². The molecule has 0 spiro atoms. The molecule has 0 aromatic rings. The highest BCUT2D eigenvalue weighted by molar-refractivity contribution is 5.82. The van der Waals surface area contributed by atoms with Crippen molar-refractivity contribution in [1.29, 1.82) is 0 Å². The molecule has 0 aromatic heterocycles. The Balaban J connectivity index is 1.56. The molecule has 2 N–H and O–H groups in total. The van der Waals surface area contributed by atoms with Crippen LogP contribution < -0.4 is 5.32 Å². The highest BCUT2D eigenvalue weighted by Gasteiger charge is 2.36. The zero-order valence-corrected chi connectivity index (χ0v) is 12.5. The Morgan fingerprint density at radius 1 is 1.00 bits per heavy atom. The number of carbonyl (C=O) groups excluding carboxylic acids is 1. The van der Waals surface area contributed by atoms with E-state index < -0.39 is 12.0 Å². The number of nitrogens with zero attached hydrogens (tertiary/aromatic N) is 2. The van der Waals surface area contributed by atoms with Crippen molar-refractivity contribution in [3.8, 4) is 0 Å². The van der Waals surface area contributed by atoms with Crippen LogP contribution in [-0.2, 0) is 4.79 Å². The van der Waals surface area contributed by atoms with Gasteiger partial charge in [0.2, 0.25) is 0 Å². The number of urea groups is 1. The van der Waals surface area contributed by atoms with Gasteiger partial charge in [-0.1, -0.05) is 12.8 Å². The number of carbonyl (C=O) groups is 2. The summed E-state index contributed by atoms with van der Waals surface area (Å²) in [6, 6.07) is 0.0630. The van der Waals surface area contributed by atoms with Gasteiger partial charge < -0.3 is 15.3 Å². The maximum absolute atomic E-state index is 12.4. The minimum Gasteiger partial charge on any atom is -0.480 e. The van der Waals surface area contributed by atoms with Gasteiger partial charge in [0.1, 0.15) is 6.04 Å². The molecule has 21 heavy (non-hydrogen) atoms. The summed E-state index contributed by atoms with van der Waals surface area (Å²) in [5, 5.41) is 12.4. The molecule has 0 radical (unpaired) electrons. The molecule has 2 saturated heterocycles. The van der Waals surface area contributed by atoms with Crippen molar-refractivity contribution in [2.75, 3.05) is 19.6 Å². The van der Waals surface area contributed by atoms with Crippen LogP contribution in [0.25, 0.3) is 0 Å². The van der Waals surface area contributed by atoms with Crippen LogP contribution in [0, 0.1) is 0 Å². The predicted octanol–water partition coefficient (Wildman–Crippen LogP) is 1.26. The second-order valence-corrected chi connectivity index (χ2v) is 6.56. The second-order valence-electron chi connectivity index (χ2n) is 6.56. The number of nitrogens with one attached hydrogen (secondary N) is 1. The van der Waals surface area contributed by atoms with Crippen molar-refractivity contribution in [1.82, 2.24) is 15.1 Å². The zero-order chi connectivity index (χ0) is 14.8. The quantitative estimate of drug-likeness (QED) is 0.822. The summed E-state index contributed by atoms with van der Waals surface area (Å²) in [7, 11) is 0. The van der Waals surface area contributed by atoms with Crippen LogP contribution in [0.2, 0.25) is 0 Å². The second kappa shape index (κ2) is 6.22. The summed E-state index contributed by atoms with van der Waals surface area (Å²) in [4.78, 5) is 27.8. The van der Waals surface area contributed by atoms with Crippen LogP contribution in [-0.4, -0.2) is 64.7 Å². The molecule has 6 heteroatoms. The smallest absolute Gasteiger partial charge is 0.326 e. The van der Waals surface area contributed by atoms with Gasteiger partial charge in [0.05, 0.1) is 0 Å². The molecule has 0 aromatic carbocycles. The van der Waals surface area contributed by atoms with Gasteiger partial charge in [-0.2, -0.15) is 0 Å². The number of amides is 2. The average molecular weight is 295 g/mol. The lowest BCUT2D eigenvalue weighted by atomic mass is 10.1. The first kappa shape index (κ1) is 14.6. The van der Waals surface area contributed by atoms with E-state index in [4.69, 9.17) is 0 Å². The Kier molecular flexibility index (Phi) is 4.33. The monoisotopic (exact) mass is 295 g/mol. The Morgan fingerprint density at radius 2 is 1.81 bits per heavy atom. The van der Waals surface area contributed by atoms with Crippen LogP contribution in [0.3, 0.4) is 0 Å².